The molecule has 0 heteroatoms. The zero-order chi connectivity index (χ0) is 13.3. The van der Waals surface area contributed by atoms with Crippen molar-refractivity contribution < 1.29 is 0 Å². The van der Waals surface area contributed by atoms with Crippen LogP contribution in [0.3, 0.4) is 0 Å². The van der Waals surface area contributed by atoms with Gasteiger partial charge in [0.2, 0.25) is 0 Å². The Kier molecular flexibility index (Phi) is 2.31. The predicted octanol–water partition coefficient (Wildman–Crippen LogP) is 4.83. The van der Waals surface area contributed by atoms with E-state index in [0.29, 0.717) is 5.41 Å². The van der Waals surface area contributed by atoms with Crippen LogP contribution in [0, 0.1) is 23.3 Å². The largest absolute Gasteiger partial charge is 0.0594 e. The summed E-state index contributed by atoms with van der Waals surface area (Å²) in [6.07, 6.45) is 12.9. The van der Waals surface area contributed by atoms with Gasteiger partial charge in [-0.3, -0.25) is 0 Å². The Hall–Kier alpha value is -0.780. The van der Waals surface area contributed by atoms with E-state index >= 15 is 0 Å². The minimum atomic E-state index is 0.701. The van der Waals surface area contributed by atoms with Crippen molar-refractivity contribution in [2.75, 3.05) is 0 Å². The molecule has 1 aromatic carbocycles. The van der Waals surface area contributed by atoms with Crippen molar-refractivity contribution in [2.24, 2.45) is 17.3 Å². The van der Waals surface area contributed by atoms with Crippen LogP contribution in [0.1, 0.15) is 73.6 Å². The third-order valence-electron chi connectivity index (χ3n) is 7.42. The first-order chi connectivity index (χ1) is 9.76. The Morgan fingerprint density at radius 3 is 2.90 bits per heavy atom. The summed E-state index contributed by atoms with van der Waals surface area (Å²) in [7, 11) is 0. The van der Waals surface area contributed by atoms with Crippen molar-refractivity contribution in [3.63, 3.8) is 0 Å². The average molecular weight is 265 g/mol. The van der Waals surface area contributed by atoms with E-state index in [0.717, 1.165) is 17.8 Å². The number of hydrogen-bond donors (Lipinski definition) is 0. The fourth-order valence-corrected chi connectivity index (χ4v) is 6.31. The lowest BCUT2D eigenvalue weighted by atomic mass is 9.54. The molecule has 4 atom stereocenters. The summed E-state index contributed by atoms with van der Waals surface area (Å²) in [4.78, 5) is 0. The van der Waals surface area contributed by atoms with Crippen LogP contribution in [0.4, 0.5) is 0 Å². The minimum Gasteiger partial charge on any atom is -0.0594 e. The molecule has 4 aliphatic carbocycles. The van der Waals surface area contributed by atoms with E-state index in [9.17, 15) is 0 Å². The standard InChI is InChI=1S/C20H25/c1-20-11-2-3-18(20)16-9-7-14-5-4-13-6-8-15(13)19(14)17(16)10-12-20/h5,16-18H,2-3,6-12H2,1H3/t16-,17+,18+,20+/m1/s1. The molecule has 2 saturated carbocycles. The SMILES string of the molecule is C[C@@]12CCC[C@H]1[C@@H]1CCc3c[c]c4c(c3[C@H]1CC2)CC4. The molecule has 0 saturated heterocycles. The fraction of sp³-hybridized carbons (Fsp3) is 0.700. The summed E-state index contributed by atoms with van der Waals surface area (Å²) in [5.74, 6) is 2.96. The summed E-state index contributed by atoms with van der Waals surface area (Å²) >= 11 is 0. The third kappa shape index (κ3) is 1.38. The summed E-state index contributed by atoms with van der Waals surface area (Å²) in [6, 6.07) is 5.92. The molecule has 0 nitrogen and oxygen atoms in total. The molecule has 1 aromatic rings. The number of fused-ring (bicyclic) bond motifs is 7. The van der Waals surface area contributed by atoms with Gasteiger partial charge in [0.25, 0.3) is 0 Å². The summed E-state index contributed by atoms with van der Waals surface area (Å²) in [5, 5.41) is 0. The molecular formula is C20H25. The maximum Gasteiger partial charge on any atom is -0.0125 e. The van der Waals surface area contributed by atoms with Gasteiger partial charge in [-0.05, 0) is 103 Å². The lowest BCUT2D eigenvalue weighted by Gasteiger charge is -2.50. The van der Waals surface area contributed by atoms with Gasteiger partial charge in [0.15, 0.2) is 0 Å². The predicted molar refractivity (Wildman–Crippen MR) is 81.9 cm³/mol. The molecule has 0 unspecified atom stereocenters. The molecule has 105 valence electrons. The number of hydrogen-bond acceptors (Lipinski definition) is 0. The average Bonchev–Trinajstić information content (AvgIpc) is 2.80. The van der Waals surface area contributed by atoms with E-state index in [1.165, 1.54) is 57.8 Å². The van der Waals surface area contributed by atoms with Gasteiger partial charge in [-0.1, -0.05) is 19.4 Å². The van der Waals surface area contributed by atoms with E-state index in [4.69, 9.17) is 0 Å². The van der Waals surface area contributed by atoms with Crippen LogP contribution in [-0.4, -0.2) is 0 Å². The highest BCUT2D eigenvalue weighted by Crippen LogP contribution is 2.61. The van der Waals surface area contributed by atoms with Crippen molar-refractivity contribution in [1.29, 1.82) is 0 Å². The van der Waals surface area contributed by atoms with Crippen LogP contribution in [0.15, 0.2) is 6.07 Å². The van der Waals surface area contributed by atoms with Gasteiger partial charge in [0.05, 0.1) is 0 Å². The molecule has 0 aromatic heterocycles. The molecule has 5 rings (SSSR count). The highest BCUT2D eigenvalue weighted by Gasteiger charge is 2.50. The van der Waals surface area contributed by atoms with Crippen molar-refractivity contribution in [3.8, 4) is 0 Å². The quantitative estimate of drug-likeness (QED) is 0.630. The van der Waals surface area contributed by atoms with E-state index in [-0.39, 0.29) is 0 Å². The second kappa shape index (κ2) is 3.90. The van der Waals surface area contributed by atoms with E-state index in [2.05, 4.69) is 19.1 Å². The Labute approximate surface area is 123 Å². The van der Waals surface area contributed by atoms with Gasteiger partial charge < -0.3 is 0 Å². The van der Waals surface area contributed by atoms with Crippen molar-refractivity contribution in [3.05, 3.63) is 34.4 Å². The molecular weight excluding hydrogens is 240 g/mol. The van der Waals surface area contributed by atoms with Crippen LogP contribution in [0.5, 0.6) is 0 Å². The van der Waals surface area contributed by atoms with Crippen LogP contribution >= 0.6 is 0 Å². The Bertz CT molecular complexity index is 570. The van der Waals surface area contributed by atoms with E-state index in [1.54, 1.807) is 16.7 Å². The molecule has 0 spiro atoms. The molecule has 0 aliphatic heterocycles. The third-order valence-corrected chi connectivity index (χ3v) is 7.42. The van der Waals surface area contributed by atoms with Crippen LogP contribution in [0.2, 0.25) is 0 Å². The molecule has 0 heterocycles. The summed E-state index contributed by atoms with van der Waals surface area (Å²) < 4.78 is 0. The molecule has 2 fully saturated rings. The molecule has 0 amide bonds. The maximum absolute atomic E-state index is 3.56. The van der Waals surface area contributed by atoms with Gasteiger partial charge in [0, 0.05) is 0 Å². The molecule has 20 heavy (non-hydrogen) atoms. The normalized spacial score (nSPS) is 41.1. The number of aryl methyl sites for hydroxylation is 2. The first-order valence-corrected chi connectivity index (χ1v) is 8.81. The summed E-state index contributed by atoms with van der Waals surface area (Å²) in [6.45, 7) is 2.60. The smallest absolute Gasteiger partial charge is 0.0125 e. The van der Waals surface area contributed by atoms with E-state index in [1.807, 2.05) is 5.56 Å². The maximum atomic E-state index is 3.56. The van der Waals surface area contributed by atoms with Crippen molar-refractivity contribution >= 4 is 0 Å². The van der Waals surface area contributed by atoms with Crippen molar-refractivity contribution in [2.45, 2.75) is 70.6 Å². The highest BCUT2D eigenvalue weighted by atomic mass is 14.5. The number of rotatable bonds is 0. The Morgan fingerprint density at radius 1 is 1.10 bits per heavy atom. The molecule has 0 N–H and O–H groups in total. The fourth-order valence-electron chi connectivity index (χ4n) is 6.31. The van der Waals surface area contributed by atoms with Crippen LogP contribution in [-0.2, 0) is 19.3 Å². The van der Waals surface area contributed by atoms with Crippen LogP contribution in [0.25, 0.3) is 0 Å². The lowest BCUT2D eigenvalue weighted by molar-refractivity contribution is 0.0593. The highest BCUT2D eigenvalue weighted by molar-refractivity contribution is 5.49. The zero-order valence-electron chi connectivity index (χ0n) is 12.7. The minimum absolute atomic E-state index is 0.701. The van der Waals surface area contributed by atoms with Gasteiger partial charge in [-0.15, -0.1) is 0 Å². The number of benzene rings is 1. The second-order valence-corrected chi connectivity index (χ2v) is 8.19. The molecule has 4 aliphatic rings. The van der Waals surface area contributed by atoms with Gasteiger partial charge in [-0.25, -0.2) is 0 Å². The topological polar surface area (TPSA) is 0 Å². The first-order valence-electron chi connectivity index (χ1n) is 8.81. The first kappa shape index (κ1) is 11.8. The Morgan fingerprint density at radius 2 is 2.05 bits per heavy atom. The van der Waals surface area contributed by atoms with Crippen molar-refractivity contribution in [1.82, 2.24) is 0 Å². The van der Waals surface area contributed by atoms with Gasteiger partial charge in [0.1, 0.15) is 0 Å². The lowest BCUT2D eigenvalue weighted by Crippen LogP contribution is -2.40. The van der Waals surface area contributed by atoms with Gasteiger partial charge in [-0.2, -0.15) is 0 Å². The Balaban J connectivity index is 1.60. The van der Waals surface area contributed by atoms with Crippen LogP contribution < -0.4 is 0 Å². The second-order valence-electron chi connectivity index (χ2n) is 8.19. The zero-order valence-corrected chi connectivity index (χ0v) is 12.7. The monoisotopic (exact) mass is 265 g/mol. The molecule has 0 bridgehead atoms. The molecule has 1 radical (unpaired) electrons. The van der Waals surface area contributed by atoms with E-state index < -0.39 is 0 Å². The summed E-state index contributed by atoms with van der Waals surface area (Å²) in [5.41, 5.74) is 7.50. The van der Waals surface area contributed by atoms with Gasteiger partial charge >= 0.3 is 0 Å².